The maximum absolute atomic E-state index is 12.4. The molecule has 0 aliphatic carbocycles. The third-order valence-corrected chi connectivity index (χ3v) is 6.23. The number of β-lactam (4-membered cyclic amide) rings is 1. The number of aliphatic hydroxyl groups excluding tert-OH is 1. The molecule has 0 spiro atoms. The van der Waals surface area contributed by atoms with Crippen LogP contribution in [0.2, 0.25) is 0 Å². The smallest absolute Gasteiger partial charge is 0.353 e. The summed E-state index contributed by atoms with van der Waals surface area (Å²) in [6.45, 7) is 2.23. The fourth-order valence-electron chi connectivity index (χ4n) is 3.87. The molecule has 0 radical (unpaired) electrons. The largest absolute Gasteiger partial charge is 0.477 e. The summed E-state index contributed by atoms with van der Waals surface area (Å²) in [6.07, 6.45) is 4.18. The molecule has 2 rings (SSSR count). The molecule has 0 aromatic carbocycles. The predicted molar refractivity (Wildman–Crippen MR) is 103 cm³/mol. The molecule has 8 nitrogen and oxygen atoms in total. The van der Waals surface area contributed by atoms with Gasteiger partial charge in [-0.15, -0.1) is 11.8 Å². The first-order chi connectivity index (χ1) is 13.0. The Hall–Kier alpha value is -2.05. The van der Waals surface area contributed by atoms with Gasteiger partial charge in [0.05, 0.1) is 30.5 Å². The van der Waals surface area contributed by atoms with E-state index < -0.39 is 18.0 Å². The first kappa shape index (κ1) is 21.3. The van der Waals surface area contributed by atoms with Crippen molar-refractivity contribution in [3.8, 4) is 6.07 Å². The van der Waals surface area contributed by atoms with Gasteiger partial charge in [-0.2, -0.15) is 5.26 Å². The lowest BCUT2D eigenvalue weighted by atomic mass is 9.77. The van der Waals surface area contributed by atoms with Crippen molar-refractivity contribution in [1.29, 1.82) is 5.26 Å². The molecular formula is C18H26N4O4S. The van der Waals surface area contributed by atoms with Gasteiger partial charge in [-0.25, -0.2) is 4.79 Å². The maximum Gasteiger partial charge on any atom is 0.353 e. The number of nitrogens with zero attached hydrogens (tertiary/aromatic N) is 3. The van der Waals surface area contributed by atoms with Crippen LogP contribution in [0.1, 0.15) is 39.0 Å². The molecule has 4 N–H and O–H groups in total. The van der Waals surface area contributed by atoms with Crippen molar-refractivity contribution in [1.82, 2.24) is 4.90 Å². The zero-order valence-electron chi connectivity index (χ0n) is 15.4. The number of unbranched alkanes of at least 4 members (excludes halogenated alkanes) is 2. The van der Waals surface area contributed by atoms with Crippen LogP contribution in [0.4, 0.5) is 0 Å². The van der Waals surface area contributed by atoms with Crippen molar-refractivity contribution in [2.75, 3.05) is 12.3 Å². The second-order valence-corrected chi connectivity index (χ2v) is 7.89. The Morgan fingerprint density at radius 3 is 2.81 bits per heavy atom. The number of amides is 1. The van der Waals surface area contributed by atoms with Gasteiger partial charge in [0.1, 0.15) is 5.70 Å². The van der Waals surface area contributed by atoms with Gasteiger partial charge in [0.25, 0.3) is 0 Å². The van der Waals surface area contributed by atoms with Crippen LogP contribution >= 0.6 is 11.8 Å². The minimum atomic E-state index is -1.13. The number of nitrogens with two attached hydrogens (primary N) is 1. The van der Waals surface area contributed by atoms with Gasteiger partial charge in [0, 0.05) is 29.5 Å². The number of carboxylic acids is 1. The van der Waals surface area contributed by atoms with E-state index in [1.54, 1.807) is 6.92 Å². The number of carbonyl (C=O) groups excluding carboxylic acids is 1. The molecule has 9 heteroatoms. The Kier molecular flexibility index (Phi) is 7.68. The summed E-state index contributed by atoms with van der Waals surface area (Å²) in [5, 5.41) is 28.5. The van der Waals surface area contributed by atoms with Crippen LogP contribution in [0.15, 0.2) is 15.6 Å². The van der Waals surface area contributed by atoms with Crippen molar-refractivity contribution < 1.29 is 19.8 Å². The third kappa shape index (κ3) is 4.45. The highest BCUT2D eigenvalue weighted by Gasteiger charge is 2.60. The number of hydrogen-bond donors (Lipinski definition) is 3. The first-order valence-electron chi connectivity index (χ1n) is 9.14. The van der Waals surface area contributed by atoms with E-state index in [9.17, 15) is 19.8 Å². The number of fused-ring (bicyclic) bond motifs is 1. The third-order valence-electron chi connectivity index (χ3n) is 5.01. The van der Waals surface area contributed by atoms with Crippen LogP contribution in [0, 0.1) is 23.2 Å². The second-order valence-electron chi connectivity index (χ2n) is 6.75. The average molecular weight is 394 g/mol. The zero-order valence-corrected chi connectivity index (χ0v) is 16.2. The maximum atomic E-state index is 12.4. The van der Waals surface area contributed by atoms with Crippen LogP contribution < -0.4 is 5.73 Å². The molecule has 0 saturated carbocycles. The van der Waals surface area contributed by atoms with E-state index in [4.69, 9.17) is 11.0 Å². The van der Waals surface area contributed by atoms with Crippen molar-refractivity contribution in [3.63, 3.8) is 0 Å². The zero-order chi connectivity index (χ0) is 20.0. The van der Waals surface area contributed by atoms with Gasteiger partial charge in [-0.05, 0) is 19.8 Å². The SMILES string of the molecule is C[C@H](O)C1C(=O)N2C(C(=O)O)=C(SCCC#N)[C@H](CCCCCN=CN)C12. The van der Waals surface area contributed by atoms with E-state index in [0.29, 0.717) is 23.6 Å². The molecular weight excluding hydrogens is 368 g/mol. The van der Waals surface area contributed by atoms with Gasteiger partial charge >= 0.3 is 5.97 Å². The van der Waals surface area contributed by atoms with Crippen molar-refractivity contribution >= 4 is 30.0 Å². The number of nitriles is 1. The Morgan fingerprint density at radius 2 is 2.22 bits per heavy atom. The highest BCUT2D eigenvalue weighted by atomic mass is 32.2. The number of carboxylic acid groups (broad SMARTS) is 1. The fourth-order valence-corrected chi connectivity index (χ4v) is 5.08. The van der Waals surface area contributed by atoms with Crippen LogP contribution in [0.25, 0.3) is 0 Å². The molecule has 4 atom stereocenters. The number of carbonyl (C=O) groups is 2. The van der Waals surface area contributed by atoms with E-state index in [1.807, 2.05) is 0 Å². The Bertz CT molecular complexity index is 671. The topological polar surface area (TPSA) is 140 Å². The minimum absolute atomic E-state index is 0.0302. The van der Waals surface area contributed by atoms with Gasteiger partial charge in [-0.3, -0.25) is 9.79 Å². The normalized spacial score (nSPS) is 25.4. The van der Waals surface area contributed by atoms with Crippen LogP contribution in [-0.4, -0.2) is 57.8 Å². The van der Waals surface area contributed by atoms with Crippen LogP contribution in [0.5, 0.6) is 0 Å². The fraction of sp³-hybridized carbons (Fsp3) is 0.667. The first-order valence-corrected chi connectivity index (χ1v) is 10.1. The lowest BCUT2D eigenvalue weighted by Gasteiger charge is -2.47. The molecule has 1 saturated heterocycles. The van der Waals surface area contributed by atoms with Crippen molar-refractivity contribution in [2.24, 2.45) is 22.6 Å². The van der Waals surface area contributed by atoms with Gasteiger partial charge in [0.2, 0.25) is 5.91 Å². The molecule has 2 heterocycles. The Morgan fingerprint density at radius 1 is 1.48 bits per heavy atom. The van der Waals surface area contributed by atoms with E-state index in [-0.39, 0.29) is 23.6 Å². The monoisotopic (exact) mass is 394 g/mol. The van der Waals surface area contributed by atoms with Crippen LogP contribution in [-0.2, 0) is 9.59 Å². The number of rotatable bonds is 11. The summed E-state index contributed by atoms with van der Waals surface area (Å²) >= 11 is 1.35. The molecule has 0 bridgehead atoms. The predicted octanol–water partition coefficient (Wildman–Crippen LogP) is 1.31. The summed E-state index contributed by atoms with van der Waals surface area (Å²) in [6, 6.07) is 1.75. The lowest BCUT2D eigenvalue weighted by Crippen LogP contribution is -2.63. The molecule has 0 aromatic rings. The highest BCUT2D eigenvalue weighted by Crippen LogP contribution is 2.52. The number of thioether (sulfide) groups is 1. The Balaban J connectivity index is 2.17. The average Bonchev–Trinajstić information content (AvgIpc) is 2.88. The van der Waals surface area contributed by atoms with Crippen molar-refractivity contribution in [3.05, 3.63) is 10.6 Å². The molecule has 2 aliphatic heterocycles. The second kappa shape index (κ2) is 9.76. The number of aliphatic imine (C=N–C) groups is 1. The van der Waals surface area contributed by atoms with Crippen LogP contribution in [0.3, 0.4) is 0 Å². The highest BCUT2D eigenvalue weighted by molar-refractivity contribution is 8.03. The number of aliphatic carboxylic acids is 1. The summed E-state index contributed by atoms with van der Waals surface area (Å²) < 4.78 is 0. The standard InChI is InChI=1S/C18H26N4O4S/c1-11(23)13-14-12(6-3-2-4-8-21-10-20)16(27-9-5-7-19)15(18(25)26)22(14)17(13)24/h10-14,23H,2-6,8-9H2,1H3,(H2,20,21)(H,25,26)/t11-,12+,13?,14?/m0/s1. The molecule has 0 aromatic heterocycles. The van der Waals surface area contributed by atoms with E-state index >= 15 is 0 Å². The summed E-state index contributed by atoms with van der Waals surface area (Å²) in [7, 11) is 0. The molecule has 2 unspecified atom stereocenters. The molecule has 2 aliphatic rings. The van der Waals surface area contributed by atoms with Gasteiger partial charge in [-0.1, -0.05) is 12.8 Å². The van der Waals surface area contributed by atoms with E-state index in [1.165, 1.54) is 23.0 Å². The summed E-state index contributed by atoms with van der Waals surface area (Å²) in [4.78, 5) is 30.3. The van der Waals surface area contributed by atoms with E-state index in [2.05, 4.69) is 11.1 Å². The molecule has 1 amide bonds. The van der Waals surface area contributed by atoms with E-state index in [0.717, 1.165) is 25.7 Å². The summed E-state index contributed by atoms with van der Waals surface area (Å²) in [5.74, 6) is -1.66. The van der Waals surface area contributed by atoms with Crippen molar-refractivity contribution in [2.45, 2.75) is 51.2 Å². The minimum Gasteiger partial charge on any atom is -0.477 e. The Labute approximate surface area is 163 Å². The van der Waals surface area contributed by atoms with Gasteiger partial charge < -0.3 is 20.8 Å². The molecule has 1 fully saturated rings. The molecule has 148 valence electrons. The lowest BCUT2D eigenvalue weighted by molar-refractivity contribution is -0.163. The van der Waals surface area contributed by atoms with Gasteiger partial charge in [0.15, 0.2) is 0 Å². The number of hydrogen-bond acceptors (Lipinski definition) is 6. The summed E-state index contributed by atoms with van der Waals surface area (Å²) in [5.41, 5.74) is 5.25. The molecule has 27 heavy (non-hydrogen) atoms. The quantitative estimate of drug-likeness (QED) is 0.208. The number of aliphatic hydroxyl groups is 1.